The largest absolute Gasteiger partial charge is 0.478 e. The van der Waals surface area contributed by atoms with Crippen molar-refractivity contribution in [3.05, 3.63) is 35.9 Å². The Hall–Kier alpha value is -2.60. The van der Waals surface area contributed by atoms with E-state index in [4.69, 9.17) is 25.8 Å². The molecule has 226 valence electrons. The molecule has 4 rings (SSSR count). The number of pyridine rings is 1. The van der Waals surface area contributed by atoms with Crippen molar-refractivity contribution in [3.63, 3.8) is 0 Å². The van der Waals surface area contributed by atoms with Gasteiger partial charge in [0.2, 0.25) is 5.88 Å². The zero-order chi connectivity index (χ0) is 29.6. The summed E-state index contributed by atoms with van der Waals surface area (Å²) in [5.74, 6) is 1.61. The number of nitrogens with zero attached hydrogens (tertiary/aromatic N) is 6. The molecular weight excluding hydrogens is 564 g/mol. The van der Waals surface area contributed by atoms with Crippen molar-refractivity contribution in [3.8, 4) is 17.1 Å². The summed E-state index contributed by atoms with van der Waals surface area (Å²) in [4.78, 5) is 29.5. The van der Waals surface area contributed by atoms with Crippen LogP contribution in [0.25, 0.3) is 22.3 Å². The zero-order valence-electron chi connectivity index (χ0n) is 25.1. The highest BCUT2D eigenvalue weighted by Gasteiger charge is 2.25. The molecule has 0 aromatic carbocycles. The normalized spacial score (nSPS) is 15.3. The molecule has 1 fully saturated rings. The lowest BCUT2D eigenvalue weighted by molar-refractivity contribution is 0.0142. The van der Waals surface area contributed by atoms with Crippen LogP contribution < -0.4 is 4.74 Å². The van der Waals surface area contributed by atoms with E-state index in [0.29, 0.717) is 44.1 Å². The first-order valence-corrected chi connectivity index (χ1v) is 17.3. The van der Waals surface area contributed by atoms with Crippen LogP contribution in [0.3, 0.4) is 0 Å². The van der Waals surface area contributed by atoms with E-state index in [0.717, 1.165) is 54.1 Å². The lowest BCUT2D eigenvalue weighted by Crippen LogP contribution is -2.50. The first-order valence-electron chi connectivity index (χ1n) is 13.9. The Kier molecular flexibility index (Phi) is 10.4. The van der Waals surface area contributed by atoms with Gasteiger partial charge in [-0.1, -0.05) is 11.6 Å². The summed E-state index contributed by atoms with van der Waals surface area (Å²) in [5.41, 5.74) is 2.09. The summed E-state index contributed by atoms with van der Waals surface area (Å²) >= 11 is 6.38. The van der Waals surface area contributed by atoms with Crippen molar-refractivity contribution in [2.75, 3.05) is 70.5 Å². The fourth-order valence-electron chi connectivity index (χ4n) is 4.43. The molecule has 3 aromatic heterocycles. The highest BCUT2D eigenvalue weighted by molar-refractivity contribution is 8.32. The lowest BCUT2D eigenvalue weighted by Gasteiger charge is -2.35. The number of rotatable bonds is 11. The van der Waals surface area contributed by atoms with Crippen molar-refractivity contribution in [2.45, 2.75) is 39.5 Å². The van der Waals surface area contributed by atoms with Gasteiger partial charge >= 0.3 is 6.09 Å². The molecule has 1 saturated heterocycles. The molecule has 0 aliphatic carbocycles. The Morgan fingerprint density at radius 2 is 1.80 bits per heavy atom. The van der Waals surface area contributed by atoms with Gasteiger partial charge in [-0.15, -0.1) is 0 Å². The molecule has 0 spiro atoms. The van der Waals surface area contributed by atoms with E-state index in [1.807, 2.05) is 43.5 Å². The Bertz CT molecular complexity index is 1300. The van der Waals surface area contributed by atoms with Gasteiger partial charge in [0.05, 0.1) is 24.3 Å². The molecule has 0 radical (unpaired) electrons. The van der Waals surface area contributed by atoms with E-state index >= 15 is 0 Å². The maximum Gasteiger partial charge on any atom is 0.410 e. The minimum atomic E-state index is -0.635. The predicted octanol–water partition coefficient (Wildman–Crippen LogP) is 5.14. The Balaban J connectivity index is 1.28. The molecule has 4 heterocycles. The van der Waals surface area contributed by atoms with Gasteiger partial charge < -0.3 is 23.7 Å². The molecular formula is C29H43ClN6O4S. The van der Waals surface area contributed by atoms with Crippen LogP contribution in [0.1, 0.15) is 27.2 Å². The number of hydrogen-bond acceptors (Lipinski definition) is 8. The van der Waals surface area contributed by atoms with Crippen LogP contribution >= 0.6 is 21.6 Å². The first-order chi connectivity index (χ1) is 19.4. The van der Waals surface area contributed by atoms with E-state index < -0.39 is 15.6 Å². The number of aromatic nitrogens is 4. The van der Waals surface area contributed by atoms with Gasteiger partial charge in [-0.05, 0) is 58.1 Å². The summed E-state index contributed by atoms with van der Waals surface area (Å²) in [6.07, 6.45) is 10.8. The smallest absolute Gasteiger partial charge is 0.410 e. The van der Waals surface area contributed by atoms with Gasteiger partial charge in [-0.25, -0.2) is 29.8 Å². The second-order valence-corrected chi connectivity index (χ2v) is 17.0. The van der Waals surface area contributed by atoms with Crippen LogP contribution in [0.5, 0.6) is 5.88 Å². The van der Waals surface area contributed by atoms with Crippen molar-refractivity contribution in [2.24, 2.45) is 0 Å². The Labute approximate surface area is 249 Å². The molecule has 1 amide bonds. The summed E-state index contributed by atoms with van der Waals surface area (Å²) in [6, 6.07) is 5.85. The van der Waals surface area contributed by atoms with Gasteiger partial charge in [-0.2, -0.15) is 0 Å². The SMILES string of the molecule is CC(C)(C)OC(=O)N1CCN(CCCOc2ccc(-c3cc4c(Cl)ncnc4n3COCCS(C)(C)C)cn2)CC1. The third-order valence-corrected chi connectivity index (χ3v) is 8.32. The van der Waals surface area contributed by atoms with Gasteiger partial charge in [0.25, 0.3) is 0 Å². The molecule has 0 atom stereocenters. The third-order valence-electron chi connectivity index (χ3n) is 6.63. The molecule has 12 heteroatoms. The van der Waals surface area contributed by atoms with Crippen molar-refractivity contribution >= 4 is 38.8 Å². The fraction of sp³-hybridized carbons (Fsp3) is 0.586. The summed E-state index contributed by atoms with van der Waals surface area (Å²) in [7, 11) is -0.635. The minimum absolute atomic E-state index is 0.236. The fourth-order valence-corrected chi connectivity index (χ4v) is 5.23. The molecule has 41 heavy (non-hydrogen) atoms. The van der Waals surface area contributed by atoms with Crippen LogP contribution in [0, 0.1) is 0 Å². The van der Waals surface area contributed by atoms with Gasteiger partial charge in [0.15, 0.2) is 0 Å². The minimum Gasteiger partial charge on any atom is -0.478 e. The highest BCUT2D eigenvalue weighted by Crippen LogP contribution is 2.34. The van der Waals surface area contributed by atoms with Crippen LogP contribution in [-0.4, -0.2) is 111 Å². The number of piperazine rings is 1. The second kappa shape index (κ2) is 13.6. The summed E-state index contributed by atoms with van der Waals surface area (Å²) in [5, 5.41) is 1.19. The van der Waals surface area contributed by atoms with Crippen molar-refractivity contribution in [1.82, 2.24) is 29.3 Å². The second-order valence-electron chi connectivity index (χ2n) is 12.1. The monoisotopic (exact) mass is 606 g/mol. The number of carbonyl (C=O) groups excluding carboxylic acids is 1. The average molecular weight is 607 g/mol. The predicted molar refractivity (Wildman–Crippen MR) is 166 cm³/mol. The van der Waals surface area contributed by atoms with Crippen LogP contribution in [0.4, 0.5) is 4.79 Å². The molecule has 0 N–H and O–H groups in total. The Morgan fingerprint density at radius 3 is 2.46 bits per heavy atom. The average Bonchev–Trinajstić information content (AvgIpc) is 3.28. The van der Waals surface area contributed by atoms with E-state index in [9.17, 15) is 4.79 Å². The van der Waals surface area contributed by atoms with Crippen LogP contribution in [0.2, 0.25) is 5.15 Å². The molecule has 0 bridgehead atoms. The van der Waals surface area contributed by atoms with E-state index in [1.54, 1.807) is 11.1 Å². The number of fused-ring (bicyclic) bond motifs is 1. The van der Waals surface area contributed by atoms with E-state index in [-0.39, 0.29) is 6.09 Å². The lowest BCUT2D eigenvalue weighted by atomic mass is 10.2. The molecule has 0 saturated carbocycles. The quantitative estimate of drug-likeness (QED) is 0.219. The number of hydrogen-bond donors (Lipinski definition) is 0. The van der Waals surface area contributed by atoms with Crippen LogP contribution in [-0.2, 0) is 16.2 Å². The summed E-state index contributed by atoms with van der Waals surface area (Å²) < 4.78 is 19.5. The molecule has 10 nitrogen and oxygen atoms in total. The molecule has 0 unspecified atom stereocenters. The standard InChI is InChI=1S/C29H43ClN6O4S/c1-29(2,3)40-28(37)35-13-11-34(12-14-35)10-7-15-39-25-9-8-22(19-31-25)24-18-23-26(30)32-20-33-27(23)36(24)21-38-16-17-41(4,5)6/h8-9,18-20H,7,10-17,21H2,1-6H3. The zero-order valence-corrected chi connectivity index (χ0v) is 26.6. The number of amides is 1. The van der Waals surface area contributed by atoms with Gasteiger partial charge in [0, 0.05) is 56.3 Å². The van der Waals surface area contributed by atoms with Gasteiger partial charge in [0.1, 0.15) is 29.5 Å². The summed E-state index contributed by atoms with van der Waals surface area (Å²) in [6.45, 7) is 11.2. The first kappa shape index (κ1) is 31.3. The molecule has 1 aliphatic rings. The number of halogens is 1. The number of ether oxygens (including phenoxy) is 3. The Morgan fingerprint density at radius 1 is 1.05 bits per heavy atom. The molecule has 3 aromatic rings. The van der Waals surface area contributed by atoms with Crippen LogP contribution in [0.15, 0.2) is 30.7 Å². The van der Waals surface area contributed by atoms with Crippen molar-refractivity contribution in [1.29, 1.82) is 0 Å². The van der Waals surface area contributed by atoms with Gasteiger partial charge in [-0.3, -0.25) is 4.90 Å². The van der Waals surface area contributed by atoms with Crippen molar-refractivity contribution < 1.29 is 19.0 Å². The number of carbonyl (C=O) groups is 1. The van der Waals surface area contributed by atoms with E-state index in [1.165, 1.54) is 6.33 Å². The highest BCUT2D eigenvalue weighted by atomic mass is 35.5. The molecule has 1 aliphatic heterocycles. The topological polar surface area (TPSA) is 94.8 Å². The maximum absolute atomic E-state index is 12.3. The maximum atomic E-state index is 12.3. The van der Waals surface area contributed by atoms with E-state index in [2.05, 4.69) is 38.6 Å². The third kappa shape index (κ3) is 9.19.